The summed E-state index contributed by atoms with van der Waals surface area (Å²) in [6, 6.07) is 0. The summed E-state index contributed by atoms with van der Waals surface area (Å²) < 4.78 is 10.4. The lowest BCUT2D eigenvalue weighted by molar-refractivity contribution is -0.164. The highest BCUT2D eigenvalue weighted by atomic mass is 16.6. The number of hydrogen-bond acceptors (Lipinski definition) is 4. The molecule has 1 amide bonds. The second-order valence-corrected chi connectivity index (χ2v) is 6.30. The van der Waals surface area contributed by atoms with Crippen molar-refractivity contribution in [2.24, 2.45) is 5.41 Å². The largest absolute Gasteiger partial charge is 0.479 e. The second-order valence-electron chi connectivity index (χ2n) is 6.30. The zero-order valence-corrected chi connectivity index (χ0v) is 10.9. The molecule has 1 aliphatic carbocycles. The molecule has 2 N–H and O–H groups in total. The lowest BCUT2D eigenvalue weighted by atomic mass is 9.62. The summed E-state index contributed by atoms with van der Waals surface area (Å²) in [6.45, 7) is 6.17. The van der Waals surface area contributed by atoms with Crippen LogP contribution in [0, 0.1) is 5.41 Å². The van der Waals surface area contributed by atoms with Gasteiger partial charge in [0, 0.05) is 12.0 Å². The van der Waals surface area contributed by atoms with Crippen LogP contribution in [-0.4, -0.2) is 41.5 Å². The van der Waals surface area contributed by atoms with Gasteiger partial charge < -0.3 is 19.9 Å². The van der Waals surface area contributed by atoms with Crippen molar-refractivity contribution in [2.45, 2.75) is 44.8 Å². The third kappa shape index (κ3) is 2.29. The van der Waals surface area contributed by atoms with Crippen LogP contribution >= 0.6 is 0 Å². The van der Waals surface area contributed by atoms with Crippen molar-refractivity contribution in [3.63, 3.8) is 0 Å². The highest BCUT2D eigenvalue weighted by Gasteiger charge is 2.66. The fourth-order valence-corrected chi connectivity index (χ4v) is 2.62. The second kappa shape index (κ2) is 3.85. The average molecular weight is 257 g/mol. The molecule has 6 heteroatoms. The number of carboxylic acid groups (broad SMARTS) is 1. The molecule has 3 rings (SSSR count). The van der Waals surface area contributed by atoms with E-state index in [1.54, 1.807) is 20.8 Å². The van der Waals surface area contributed by atoms with Gasteiger partial charge in [-0.3, -0.25) is 0 Å². The molecule has 0 aromatic carbocycles. The van der Waals surface area contributed by atoms with Gasteiger partial charge >= 0.3 is 12.1 Å². The van der Waals surface area contributed by atoms with E-state index in [1.165, 1.54) is 0 Å². The van der Waals surface area contributed by atoms with Crippen LogP contribution in [0.2, 0.25) is 0 Å². The van der Waals surface area contributed by atoms with Gasteiger partial charge in [-0.2, -0.15) is 0 Å². The van der Waals surface area contributed by atoms with Gasteiger partial charge in [0.1, 0.15) is 5.60 Å². The van der Waals surface area contributed by atoms with Gasteiger partial charge in [0.2, 0.25) is 0 Å². The van der Waals surface area contributed by atoms with E-state index in [0.717, 1.165) is 0 Å². The fraction of sp³-hybridized carbons (Fsp3) is 0.833. The van der Waals surface area contributed by atoms with Crippen LogP contribution in [0.4, 0.5) is 4.79 Å². The minimum Gasteiger partial charge on any atom is -0.479 e. The van der Waals surface area contributed by atoms with Crippen LogP contribution in [0.15, 0.2) is 0 Å². The monoisotopic (exact) mass is 257 g/mol. The Balaban J connectivity index is 1.80. The van der Waals surface area contributed by atoms with Crippen LogP contribution in [0.5, 0.6) is 0 Å². The number of carbonyl (C=O) groups excluding carboxylic acids is 1. The lowest BCUT2D eigenvalue weighted by Gasteiger charge is -2.41. The smallest absolute Gasteiger partial charge is 0.407 e. The van der Waals surface area contributed by atoms with E-state index < -0.39 is 23.3 Å². The molecule has 3 aliphatic rings. The van der Waals surface area contributed by atoms with E-state index in [1.807, 2.05) is 0 Å². The first-order valence-electron chi connectivity index (χ1n) is 6.01. The quantitative estimate of drug-likeness (QED) is 0.792. The molecular formula is C12H19NO5. The minimum absolute atomic E-state index is 0.227. The van der Waals surface area contributed by atoms with E-state index in [-0.39, 0.29) is 5.41 Å². The van der Waals surface area contributed by atoms with Crippen LogP contribution in [-0.2, 0) is 14.3 Å². The van der Waals surface area contributed by atoms with Crippen molar-refractivity contribution in [3.8, 4) is 0 Å². The Morgan fingerprint density at radius 2 is 2.00 bits per heavy atom. The summed E-state index contributed by atoms with van der Waals surface area (Å²) in [4.78, 5) is 22.5. The molecule has 2 bridgehead atoms. The van der Waals surface area contributed by atoms with Crippen molar-refractivity contribution in [3.05, 3.63) is 0 Å². The summed E-state index contributed by atoms with van der Waals surface area (Å²) in [7, 11) is 0. The van der Waals surface area contributed by atoms with Gasteiger partial charge in [-0.05, 0) is 33.6 Å². The number of ether oxygens (including phenoxy) is 2. The number of carboxylic acids is 1. The van der Waals surface area contributed by atoms with E-state index >= 15 is 0 Å². The van der Waals surface area contributed by atoms with Gasteiger partial charge in [0.05, 0.1) is 6.61 Å². The number of fused-ring (bicyclic) bond motifs is 1. The van der Waals surface area contributed by atoms with Gasteiger partial charge in [0.15, 0.2) is 5.60 Å². The number of rotatable bonds is 3. The predicted molar refractivity (Wildman–Crippen MR) is 62.2 cm³/mol. The standard InChI is InChI=1S/C12H19NO5/c1-10(2,3)18-9(16)13-6-11-4-12(5-11,8(14)15)17-7-11/h4-7H2,1-3H3,(H,13,16)(H,14,15). The number of amides is 1. The third-order valence-electron chi connectivity index (χ3n) is 3.37. The molecule has 3 fully saturated rings. The van der Waals surface area contributed by atoms with Crippen molar-refractivity contribution < 1.29 is 24.2 Å². The van der Waals surface area contributed by atoms with Gasteiger partial charge in [-0.1, -0.05) is 0 Å². The number of carbonyl (C=O) groups is 2. The minimum atomic E-state index is -1.00. The maximum atomic E-state index is 11.5. The van der Waals surface area contributed by atoms with Gasteiger partial charge in [-0.15, -0.1) is 0 Å². The van der Waals surface area contributed by atoms with E-state index in [9.17, 15) is 9.59 Å². The summed E-state index contributed by atoms with van der Waals surface area (Å²) in [5.74, 6) is -0.909. The van der Waals surface area contributed by atoms with Gasteiger partial charge in [0.25, 0.3) is 0 Å². The number of aliphatic carboxylic acids is 1. The van der Waals surface area contributed by atoms with Crippen LogP contribution in [0.25, 0.3) is 0 Å². The van der Waals surface area contributed by atoms with Crippen molar-refractivity contribution in [2.75, 3.05) is 13.2 Å². The highest BCUT2D eigenvalue weighted by Crippen LogP contribution is 2.57. The number of hydrogen-bond donors (Lipinski definition) is 2. The van der Waals surface area contributed by atoms with E-state index in [2.05, 4.69) is 5.32 Å². The molecule has 0 unspecified atom stereocenters. The van der Waals surface area contributed by atoms with Gasteiger partial charge in [-0.25, -0.2) is 9.59 Å². The molecule has 2 saturated heterocycles. The summed E-state index contributed by atoms with van der Waals surface area (Å²) in [5.41, 5.74) is -1.76. The van der Waals surface area contributed by atoms with Crippen LogP contribution < -0.4 is 5.32 Å². The zero-order valence-electron chi connectivity index (χ0n) is 10.9. The first-order chi connectivity index (χ1) is 8.17. The Labute approximate surface area is 106 Å². The van der Waals surface area contributed by atoms with Crippen LogP contribution in [0.1, 0.15) is 33.6 Å². The Kier molecular flexibility index (Phi) is 2.81. The molecular weight excluding hydrogens is 238 g/mol. The topological polar surface area (TPSA) is 84.9 Å². The molecule has 102 valence electrons. The lowest BCUT2D eigenvalue weighted by Crippen LogP contribution is -2.54. The van der Waals surface area contributed by atoms with Crippen molar-refractivity contribution >= 4 is 12.1 Å². The molecule has 0 radical (unpaired) electrons. The fourth-order valence-electron chi connectivity index (χ4n) is 2.62. The number of alkyl carbamates (subject to hydrolysis) is 1. The number of nitrogens with one attached hydrogen (secondary N) is 1. The molecule has 2 aliphatic heterocycles. The summed E-state index contributed by atoms with van der Waals surface area (Å²) in [5, 5.41) is 11.7. The summed E-state index contributed by atoms with van der Waals surface area (Å²) in [6.07, 6.45) is 0.451. The van der Waals surface area contributed by atoms with E-state index in [0.29, 0.717) is 26.0 Å². The molecule has 0 spiro atoms. The first kappa shape index (κ1) is 13.1. The highest BCUT2D eigenvalue weighted by molar-refractivity contribution is 5.80. The SMILES string of the molecule is CC(C)(C)OC(=O)NCC12COC(C(=O)O)(C1)C2. The summed E-state index contributed by atoms with van der Waals surface area (Å²) >= 11 is 0. The maximum Gasteiger partial charge on any atom is 0.407 e. The van der Waals surface area contributed by atoms with E-state index in [4.69, 9.17) is 14.6 Å². The molecule has 0 atom stereocenters. The molecule has 6 nitrogen and oxygen atoms in total. The average Bonchev–Trinajstić information content (AvgIpc) is 2.66. The van der Waals surface area contributed by atoms with Crippen molar-refractivity contribution in [1.82, 2.24) is 5.32 Å². The Bertz CT molecular complexity index is 378. The third-order valence-corrected chi connectivity index (χ3v) is 3.37. The molecule has 0 aromatic rings. The molecule has 0 aromatic heterocycles. The Morgan fingerprint density at radius 1 is 1.39 bits per heavy atom. The maximum absolute atomic E-state index is 11.5. The normalized spacial score (nSPS) is 33.7. The van der Waals surface area contributed by atoms with Crippen LogP contribution in [0.3, 0.4) is 0 Å². The van der Waals surface area contributed by atoms with Crippen molar-refractivity contribution in [1.29, 1.82) is 0 Å². The zero-order chi connectivity index (χ0) is 13.6. The molecule has 1 saturated carbocycles. The Hall–Kier alpha value is -1.30. The Morgan fingerprint density at radius 3 is 2.44 bits per heavy atom. The predicted octanol–water partition coefficient (Wildman–Crippen LogP) is 1.14. The molecule has 18 heavy (non-hydrogen) atoms. The molecule has 2 heterocycles. The first-order valence-corrected chi connectivity index (χ1v) is 6.01.